The smallest absolute Gasteiger partial charge is 0.247 e. The average molecular weight is 159 g/mol. The molecular weight excluding hydrogens is 154 g/mol. The maximum Gasteiger partial charge on any atom is 0.247 e. The van der Waals surface area contributed by atoms with Gasteiger partial charge in [0.15, 0.2) is 11.1 Å². The van der Waals surface area contributed by atoms with Crippen molar-refractivity contribution in [2.24, 2.45) is 0 Å². The number of nitrogens with one attached hydrogen (secondary N) is 1. The summed E-state index contributed by atoms with van der Waals surface area (Å²) in [7, 11) is 0. The molecule has 54 valence electrons. The van der Waals surface area contributed by atoms with Crippen molar-refractivity contribution >= 4 is 11.1 Å². The normalized spacial score (nSPS) is 12.9. The van der Waals surface area contributed by atoms with Crippen molar-refractivity contribution in [1.29, 1.82) is 0 Å². The van der Waals surface area contributed by atoms with E-state index in [0.29, 0.717) is 0 Å². The fourth-order valence-electron chi connectivity index (χ4n) is 0.505. The van der Waals surface area contributed by atoms with Crippen molar-refractivity contribution in [1.82, 2.24) is 4.98 Å². The van der Waals surface area contributed by atoms with Gasteiger partial charge in [0.05, 0.1) is 4.90 Å². The zero-order valence-electron chi connectivity index (χ0n) is 4.90. The molecule has 4 nitrogen and oxygen atoms in total. The minimum atomic E-state index is -2.01. The molecule has 0 aliphatic carbocycles. The lowest BCUT2D eigenvalue weighted by atomic mass is 10.5. The van der Waals surface area contributed by atoms with Gasteiger partial charge in [-0.05, 0) is 6.07 Å². The van der Waals surface area contributed by atoms with Gasteiger partial charge in [-0.3, -0.25) is 4.79 Å². The first kappa shape index (κ1) is 7.17. The molecule has 0 radical (unpaired) electrons. The molecule has 2 N–H and O–H groups in total. The Kier molecular flexibility index (Phi) is 1.98. The van der Waals surface area contributed by atoms with Crippen LogP contribution in [-0.2, 0) is 11.1 Å². The van der Waals surface area contributed by atoms with Crippen LogP contribution in [0.4, 0.5) is 0 Å². The van der Waals surface area contributed by atoms with Crippen LogP contribution in [0, 0.1) is 0 Å². The minimum absolute atomic E-state index is 0.194. The second kappa shape index (κ2) is 2.76. The maximum atomic E-state index is 10.4. The Morgan fingerprint density at radius 3 is 2.60 bits per heavy atom. The van der Waals surface area contributed by atoms with E-state index in [1.807, 2.05) is 0 Å². The number of aromatic amines is 1. The van der Waals surface area contributed by atoms with Crippen molar-refractivity contribution < 1.29 is 8.76 Å². The Hall–Kier alpha value is -0.940. The number of hydrogen-bond acceptors (Lipinski definition) is 2. The molecule has 0 fully saturated rings. The van der Waals surface area contributed by atoms with Crippen LogP contribution in [0.5, 0.6) is 0 Å². The van der Waals surface area contributed by atoms with E-state index in [1.54, 1.807) is 0 Å². The highest BCUT2D eigenvalue weighted by molar-refractivity contribution is 7.79. The molecule has 1 unspecified atom stereocenters. The first-order valence-electron chi connectivity index (χ1n) is 2.50. The summed E-state index contributed by atoms with van der Waals surface area (Å²) in [5.41, 5.74) is -0.283. The van der Waals surface area contributed by atoms with E-state index in [4.69, 9.17) is 4.55 Å². The summed E-state index contributed by atoms with van der Waals surface area (Å²) in [6.07, 6.45) is 1.21. The van der Waals surface area contributed by atoms with Crippen molar-refractivity contribution in [3.05, 3.63) is 28.7 Å². The second-order valence-corrected chi connectivity index (χ2v) is 2.61. The van der Waals surface area contributed by atoms with Gasteiger partial charge in [-0.25, -0.2) is 4.21 Å². The molecule has 0 amide bonds. The number of hydrogen-bond donors (Lipinski definition) is 2. The monoisotopic (exact) mass is 159 g/mol. The maximum absolute atomic E-state index is 10.4. The highest BCUT2D eigenvalue weighted by Gasteiger charge is 1.96. The van der Waals surface area contributed by atoms with E-state index >= 15 is 0 Å². The molecule has 0 saturated heterocycles. The molecule has 5 heteroatoms. The average Bonchev–Trinajstić information content (AvgIpc) is 1.88. The van der Waals surface area contributed by atoms with Crippen LogP contribution in [0.2, 0.25) is 0 Å². The molecule has 0 aromatic carbocycles. The third-order valence-corrected chi connectivity index (χ3v) is 1.61. The lowest BCUT2D eigenvalue weighted by Crippen LogP contribution is -2.03. The van der Waals surface area contributed by atoms with Gasteiger partial charge in [0.1, 0.15) is 0 Å². The molecule has 10 heavy (non-hydrogen) atoms. The lowest BCUT2D eigenvalue weighted by Gasteiger charge is -1.89. The summed E-state index contributed by atoms with van der Waals surface area (Å²) >= 11 is -2.01. The molecule has 0 spiro atoms. The zero-order chi connectivity index (χ0) is 7.56. The summed E-state index contributed by atoms with van der Waals surface area (Å²) in [4.78, 5) is 12.9. The molecule has 0 saturated carbocycles. The van der Waals surface area contributed by atoms with Gasteiger partial charge in [-0.1, -0.05) is 0 Å². The van der Waals surface area contributed by atoms with Crippen molar-refractivity contribution in [3.63, 3.8) is 0 Å². The van der Waals surface area contributed by atoms with Crippen LogP contribution >= 0.6 is 0 Å². The van der Waals surface area contributed by atoms with E-state index in [2.05, 4.69) is 4.98 Å². The highest BCUT2D eigenvalue weighted by Crippen LogP contribution is 1.96. The summed E-state index contributed by atoms with van der Waals surface area (Å²) < 4.78 is 18.8. The number of pyridine rings is 1. The number of rotatable bonds is 1. The van der Waals surface area contributed by atoms with E-state index in [9.17, 15) is 9.00 Å². The van der Waals surface area contributed by atoms with Crippen LogP contribution in [0.3, 0.4) is 0 Å². The van der Waals surface area contributed by atoms with Gasteiger partial charge < -0.3 is 9.54 Å². The Morgan fingerprint density at radius 2 is 2.20 bits per heavy atom. The predicted octanol–water partition coefficient (Wildman–Crippen LogP) is -0.0445. The van der Waals surface area contributed by atoms with Gasteiger partial charge in [-0.2, -0.15) is 0 Å². The van der Waals surface area contributed by atoms with Crippen LogP contribution in [0.15, 0.2) is 28.0 Å². The molecule has 1 aromatic heterocycles. The Labute approximate surface area is 59.2 Å². The van der Waals surface area contributed by atoms with Gasteiger partial charge >= 0.3 is 0 Å². The van der Waals surface area contributed by atoms with Crippen molar-refractivity contribution in [3.8, 4) is 0 Å². The minimum Gasteiger partial charge on any atom is -0.328 e. The third kappa shape index (κ3) is 1.52. The molecule has 0 aliphatic rings. The molecule has 1 heterocycles. The summed E-state index contributed by atoms with van der Waals surface area (Å²) in [6.45, 7) is 0. The molecule has 0 aliphatic heterocycles. The number of H-pyrrole nitrogens is 1. The van der Waals surface area contributed by atoms with E-state index in [-0.39, 0.29) is 10.5 Å². The Morgan fingerprint density at radius 1 is 1.50 bits per heavy atom. The molecule has 1 aromatic rings. The van der Waals surface area contributed by atoms with Gasteiger partial charge in [0.2, 0.25) is 5.56 Å². The SMILES string of the molecule is O=c1ccc(S(=O)O)c[nH]1. The lowest BCUT2D eigenvalue weighted by molar-refractivity contribution is 0.564. The largest absolute Gasteiger partial charge is 0.328 e. The first-order chi connectivity index (χ1) is 4.70. The standard InChI is InChI=1S/C5H5NO3S/c7-5-2-1-4(3-6-5)10(8)9/h1-3H,(H,6,7)(H,8,9). The summed E-state index contributed by atoms with van der Waals surface area (Å²) in [5, 5.41) is 0. The van der Waals surface area contributed by atoms with Crippen LogP contribution in [-0.4, -0.2) is 13.7 Å². The molecule has 1 rings (SSSR count). The molecule has 1 atom stereocenters. The second-order valence-electron chi connectivity index (χ2n) is 1.64. The quantitative estimate of drug-likeness (QED) is 0.564. The third-order valence-electron chi connectivity index (χ3n) is 0.957. The summed E-state index contributed by atoms with van der Waals surface area (Å²) in [5.74, 6) is 0. The van der Waals surface area contributed by atoms with Gasteiger partial charge in [-0.15, -0.1) is 0 Å². The van der Waals surface area contributed by atoms with E-state index < -0.39 is 11.1 Å². The predicted molar refractivity (Wildman–Crippen MR) is 36.1 cm³/mol. The fourth-order valence-corrected chi connectivity index (χ4v) is 0.849. The Bertz CT molecular complexity index is 286. The Balaban J connectivity index is 3.12. The number of aromatic nitrogens is 1. The molecular formula is C5H5NO3S. The first-order valence-corrected chi connectivity index (χ1v) is 3.60. The molecule has 0 bridgehead atoms. The fraction of sp³-hybridized carbons (Fsp3) is 0. The van der Waals surface area contributed by atoms with Crippen LogP contribution in [0.25, 0.3) is 0 Å². The van der Waals surface area contributed by atoms with Crippen LogP contribution < -0.4 is 5.56 Å². The topological polar surface area (TPSA) is 70.2 Å². The van der Waals surface area contributed by atoms with Gasteiger partial charge in [0.25, 0.3) is 0 Å². The van der Waals surface area contributed by atoms with Crippen molar-refractivity contribution in [2.75, 3.05) is 0 Å². The van der Waals surface area contributed by atoms with E-state index in [0.717, 1.165) is 0 Å². The van der Waals surface area contributed by atoms with E-state index in [1.165, 1.54) is 18.3 Å². The van der Waals surface area contributed by atoms with Crippen molar-refractivity contribution in [2.45, 2.75) is 4.90 Å². The zero-order valence-corrected chi connectivity index (χ0v) is 5.72. The summed E-state index contributed by atoms with van der Waals surface area (Å²) in [6, 6.07) is 2.50. The highest BCUT2D eigenvalue weighted by atomic mass is 32.2. The van der Waals surface area contributed by atoms with Gasteiger partial charge in [0, 0.05) is 12.3 Å². The van der Waals surface area contributed by atoms with Crippen LogP contribution in [0.1, 0.15) is 0 Å².